The van der Waals surface area contributed by atoms with Crippen LogP contribution in [0, 0.1) is 0 Å². The fourth-order valence-electron chi connectivity index (χ4n) is 1.05. The van der Waals surface area contributed by atoms with Crippen molar-refractivity contribution in [3.8, 4) is 0 Å². The van der Waals surface area contributed by atoms with Gasteiger partial charge in [-0.05, 0) is 6.92 Å². The summed E-state index contributed by atoms with van der Waals surface area (Å²) in [4.78, 5) is 13.0. The Morgan fingerprint density at radius 2 is 2.17 bits per heavy atom. The summed E-state index contributed by atoms with van der Waals surface area (Å²) in [5.41, 5.74) is 5.41. The van der Waals surface area contributed by atoms with Crippen molar-refractivity contribution < 1.29 is 9.53 Å². The van der Waals surface area contributed by atoms with Gasteiger partial charge in [0.05, 0.1) is 19.4 Å². The van der Waals surface area contributed by atoms with Crippen molar-refractivity contribution in [2.75, 3.05) is 26.3 Å². The monoisotopic (exact) mass is 173 g/mol. The number of carbonyl (C=O) groups excluding carboxylic acids is 1. The van der Waals surface area contributed by atoms with E-state index in [2.05, 4.69) is 5.32 Å². The van der Waals surface area contributed by atoms with Gasteiger partial charge in [0.25, 0.3) is 0 Å². The number of nitrogens with two attached hydrogens (primary N) is 1. The molecule has 1 aliphatic heterocycles. The zero-order valence-corrected chi connectivity index (χ0v) is 7.25. The Morgan fingerprint density at radius 3 is 2.67 bits per heavy atom. The first-order valence-corrected chi connectivity index (χ1v) is 4.09. The van der Waals surface area contributed by atoms with Crippen LogP contribution >= 0.6 is 0 Å². The maximum Gasteiger partial charge on any atom is 0.318 e. The third-order valence-electron chi connectivity index (χ3n) is 1.65. The molecular weight excluding hydrogens is 158 g/mol. The molecule has 1 fully saturated rings. The highest BCUT2D eigenvalue weighted by molar-refractivity contribution is 5.74. The first kappa shape index (κ1) is 9.28. The number of morpholine rings is 1. The zero-order chi connectivity index (χ0) is 8.97. The lowest BCUT2D eigenvalue weighted by Crippen LogP contribution is -2.50. The maximum absolute atomic E-state index is 11.3. The second-order valence-corrected chi connectivity index (χ2v) is 2.84. The molecular formula is C7H15N3O2. The Kier molecular flexibility index (Phi) is 3.31. The van der Waals surface area contributed by atoms with Gasteiger partial charge in [0.15, 0.2) is 0 Å². The van der Waals surface area contributed by atoms with Crippen LogP contribution in [0.5, 0.6) is 0 Å². The van der Waals surface area contributed by atoms with Crippen molar-refractivity contribution in [3.05, 3.63) is 0 Å². The maximum atomic E-state index is 11.3. The summed E-state index contributed by atoms with van der Waals surface area (Å²) >= 11 is 0. The Bertz CT molecular complexity index is 155. The molecule has 0 bridgehead atoms. The molecule has 0 aliphatic carbocycles. The summed E-state index contributed by atoms with van der Waals surface area (Å²) in [7, 11) is 0. The van der Waals surface area contributed by atoms with Gasteiger partial charge in [0.2, 0.25) is 0 Å². The molecule has 0 aromatic carbocycles. The fraction of sp³-hybridized carbons (Fsp3) is 0.857. The smallest absolute Gasteiger partial charge is 0.318 e. The number of carbonyl (C=O) groups is 1. The summed E-state index contributed by atoms with van der Waals surface area (Å²) in [6.07, 6.45) is -0.291. The van der Waals surface area contributed by atoms with Crippen LogP contribution in [-0.4, -0.2) is 43.4 Å². The first-order valence-electron chi connectivity index (χ1n) is 4.09. The van der Waals surface area contributed by atoms with E-state index < -0.39 is 0 Å². The lowest BCUT2D eigenvalue weighted by Gasteiger charge is -2.27. The topological polar surface area (TPSA) is 67.6 Å². The van der Waals surface area contributed by atoms with Crippen molar-refractivity contribution in [2.45, 2.75) is 13.1 Å². The van der Waals surface area contributed by atoms with Gasteiger partial charge in [-0.1, -0.05) is 0 Å². The Balaban J connectivity index is 2.30. The van der Waals surface area contributed by atoms with Gasteiger partial charge in [-0.3, -0.25) is 0 Å². The van der Waals surface area contributed by atoms with Crippen LogP contribution in [0.15, 0.2) is 0 Å². The Hall–Kier alpha value is -0.810. The minimum Gasteiger partial charge on any atom is -0.378 e. The highest BCUT2D eigenvalue weighted by Crippen LogP contribution is 1.96. The largest absolute Gasteiger partial charge is 0.378 e. The second-order valence-electron chi connectivity index (χ2n) is 2.84. The molecule has 0 aromatic rings. The molecule has 1 heterocycles. The van der Waals surface area contributed by atoms with Crippen molar-refractivity contribution in [2.24, 2.45) is 5.73 Å². The van der Waals surface area contributed by atoms with Crippen molar-refractivity contribution in [1.82, 2.24) is 10.2 Å². The fourth-order valence-corrected chi connectivity index (χ4v) is 1.05. The van der Waals surface area contributed by atoms with E-state index >= 15 is 0 Å². The van der Waals surface area contributed by atoms with Crippen molar-refractivity contribution in [1.29, 1.82) is 0 Å². The average Bonchev–Trinajstić information content (AvgIpc) is 2.05. The second kappa shape index (κ2) is 4.27. The summed E-state index contributed by atoms with van der Waals surface area (Å²) < 4.78 is 5.10. The van der Waals surface area contributed by atoms with E-state index in [9.17, 15) is 4.79 Å². The lowest BCUT2D eigenvalue weighted by atomic mass is 10.4. The minimum atomic E-state index is -0.291. The molecule has 3 N–H and O–H groups in total. The quantitative estimate of drug-likeness (QED) is 0.517. The lowest BCUT2D eigenvalue weighted by molar-refractivity contribution is 0.0527. The van der Waals surface area contributed by atoms with Crippen LogP contribution in [0.2, 0.25) is 0 Å². The van der Waals surface area contributed by atoms with Crippen LogP contribution in [0.3, 0.4) is 0 Å². The molecule has 5 nitrogen and oxygen atoms in total. The van der Waals surface area contributed by atoms with Crippen molar-refractivity contribution >= 4 is 6.03 Å². The number of rotatable bonds is 1. The summed E-state index contributed by atoms with van der Waals surface area (Å²) in [6, 6.07) is -0.103. The highest BCUT2D eigenvalue weighted by atomic mass is 16.5. The Labute approximate surface area is 71.8 Å². The molecule has 1 atom stereocenters. The van der Waals surface area contributed by atoms with Gasteiger partial charge in [0.1, 0.15) is 0 Å². The number of hydrogen-bond donors (Lipinski definition) is 2. The summed E-state index contributed by atoms with van der Waals surface area (Å²) in [5, 5.41) is 2.62. The highest BCUT2D eigenvalue weighted by Gasteiger charge is 2.16. The predicted molar refractivity (Wildman–Crippen MR) is 44.6 cm³/mol. The molecule has 0 spiro atoms. The molecule has 5 heteroatoms. The summed E-state index contributed by atoms with van der Waals surface area (Å²) in [5.74, 6) is 0. The molecule has 0 aromatic heterocycles. The number of nitrogens with one attached hydrogen (secondary N) is 1. The molecule has 70 valence electrons. The minimum absolute atomic E-state index is 0.103. The Morgan fingerprint density at radius 1 is 1.58 bits per heavy atom. The van der Waals surface area contributed by atoms with Gasteiger partial charge >= 0.3 is 6.03 Å². The van der Waals surface area contributed by atoms with Gasteiger partial charge in [-0.2, -0.15) is 0 Å². The predicted octanol–water partition coefficient (Wildman–Crippen LogP) is -0.667. The third-order valence-corrected chi connectivity index (χ3v) is 1.65. The SMILES string of the molecule is CC(N)NC(=O)N1CCOCC1. The van der Waals surface area contributed by atoms with Gasteiger partial charge in [-0.15, -0.1) is 0 Å². The molecule has 1 rings (SSSR count). The van der Waals surface area contributed by atoms with Crippen LogP contribution in [-0.2, 0) is 4.74 Å². The van der Waals surface area contributed by atoms with Crippen LogP contribution in [0.25, 0.3) is 0 Å². The number of nitrogens with zero attached hydrogens (tertiary/aromatic N) is 1. The van der Waals surface area contributed by atoms with Crippen molar-refractivity contribution in [3.63, 3.8) is 0 Å². The molecule has 0 saturated carbocycles. The summed E-state index contributed by atoms with van der Waals surface area (Å²) in [6.45, 7) is 4.27. The third kappa shape index (κ3) is 2.67. The van der Waals surface area contributed by atoms with E-state index in [1.54, 1.807) is 11.8 Å². The van der Waals surface area contributed by atoms with Gasteiger partial charge < -0.3 is 20.7 Å². The van der Waals surface area contributed by atoms with E-state index in [-0.39, 0.29) is 12.2 Å². The van der Waals surface area contributed by atoms with Crippen LogP contribution < -0.4 is 11.1 Å². The molecule has 0 radical (unpaired) electrons. The molecule has 2 amide bonds. The standard InChI is InChI=1S/C7H15N3O2/c1-6(8)9-7(11)10-2-4-12-5-3-10/h6H,2-5,8H2,1H3,(H,9,11). The van der Waals surface area contributed by atoms with E-state index in [1.807, 2.05) is 0 Å². The van der Waals surface area contributed by atoms with Crippen LogP contribution in [0.1, 0.15) is 6.92 Å². The number of urea groups is 1. The molecule has 1 saturated heterocycles. The molecule has 12 heavy (non-hydrogen) atoms. The van der Waals surface area contributed by atoms with E-state index in [0.717, 1.165) is 0 Å². The normalized spacial score (nSPS) is 20.3. The molecule has 1 unspecified atom stereocenters. The number of amides is 2. The first-order chi connectivity index (χ1) is 5.70. The van der Waals surface area contributed by atoms with Crippen LogP contribution in [0.4, 0.5) is 4.79 Å². The average molecular weight is 173 g/mol. The van der Waals surface area contributed by atoms with E-state index in [1.165, 1.54) is 0 Å². The van der Waals surface area contributed by atoms with E-state index in [4.69, 9.17) is 10.5 Å². The van der Waals surface area contributed by atoms with Gasteiger partial charge in [0, 0.05) is 13.1 Å². The molecule has 1 aliphatic rings. The zero-order valence-electron chi connectivity index (χ0n) is 7.25. The number of ether oxygens (including phenoxy) is 1. The van der Waals surface area contributed by atoms with E-state index in [0.29, 0.717) is 26.3 Å². The number of hydrogen-bond acceptors (Lipinski definition) is 3. The van der Waals surface area contributed by atoms with Gasteiger partial charge in [-0.25, -0.2) is 4.79 Å².